The van der Waals surface area contributed by atoms with Gasteiger partial charge in [-0.2, -0.15) is 0 Å². The van der Waals surface area contributed by atoms with Crippen LogP contribution in [0.3, 0.4) is 0 Å². The monoisotopic (exact) mass is 269 g/mol. The molecule has 0 aliphatic heterocycles. The van der Waals surface area contributed by atoms with Crippen LogP contribution in [0.1, 0.15) is 17.7 Å². The molecule has 1 heterocycles. The zero-order valence-electron chi connectivity index (χ0n) is 11.8. The molecular formula is C15H19N5. The Balaban J connectivity index is 2.02. The van der Waals surface area contributed by atoms with Gasteiger partial charge in [0.05, 0.1) is 0 Å². The Hall–Kier alpha value is -2.14. The van der Waals surface area contributed by atoms with Crippen molar-refractivity contribution >= 4 is 11.5 Å². The molecule has 0 fully saturated rings. The number of nitrogens with two attached hydrogens (primary N) is 1. The Morgan fingerprint density at radius 1 is 1.10 bits per heavy atom. The fraction of sp³-hybridized carbons (Fsp3) is 0.333. The van der Waals surface area contributed by atoms with Crippen LogP contribution in [0.4, 0.5) is 11.5 Å². The van der Waals surface area contributed by atoms with E-state index >= 15 is 0 Å². The molecule has 0 radical (unpaired) electrons. The Morgan fingerprint density at radius 2 is 1.85 bits per heavy atom. The van der Waals surface area contributed by atoms with E-state index in [-0.39, 0.29) is 0 Å². The second kappa shape index (κ2) is 5.09. The first-order valence-corrected chi connectivity index (χ1v) is 6.83. The summed E-state index contributed by atoms with van der Waals surface area (Å²) in [5, 5.41) is 0. The zero-order chi connectivity index (χ0) is 14.1. The van der Waals surface area contributed by atoms with Crippen molar-refractivity contribution in [3.63, 3.8) is 0 Å². The third-order valence-electron chi connectivity index (χ3n) is 3.71. The van der Waals surface area contributed by atoms with Gasteiger partial charge in [-0.05, 0) is 43.5 Å². The van der Waals surface area contributed by atoms with Crippen molar-refractivity contribution in [3.05, 3.63) is 35.5 Å². The summed E-state index contributed by atoms with van der Waals surface area (Å²) in [6, 6.07) is 8.24. The van der Waals surface area contributed by atoms with Crippen LogP contribution < -0.4 is 16.2 Å². The molecule has 0 saturated carbocycles. The lowest BCUT2D eigenvalue weighted by molar-refractivity contribution is 0.900. The SMILES string of the molecule is CN(C)c1ccc(-c2nc3c(c(NN)n2)CCC3)cc1. The van der Waals surface area contributed by atoms with Crippen LogP contribution in [0.5, 0.6) is 0 Å². The first kappa shape index (κ1) is 12.9. The Morgan fingerprint density at radius 3 is 2.50 bits per heavy atom. The molecule has 0 spiro atoms. The molecule has 1 aromatic carbocycles. The smallest absolute Gasteiger partial charge is 0.161 e. The van der Waals surface area contributed by atoms with E-state index in [0.717, 1.165) is 47.8 Å². The Bertz CT molecular complexity index is 619. The molecule has 0 unspecified atom stereocenters. The van der Waals surface area contributed by atoms with E-state index in [0.29, 0.717) is 0 Å². The van der Waals surface area contributed by atoms with Crippen LogP contribution in [0.15, 0.2) is 24.3 Å². The molecule has 20 heavy (non-hydrogen) atoms. The minimum absolute atomic E-state index is 0.740. The van der Waals surface area contributed by atoms with Gasteiger partial charge in [-0.15, -0.1) is 0 Å². The average Bonchev–Trinajstić information content (AvgIpc) is 2.94. The molecule has 0 amide bonds. The molecule has 3 N–H and O–H groups in total. The van der Waals surface area contributed by atoms with Gasteiger partial charge in [0.1, 0.15) is 5.82 Å². The summed E-state index contributed by atoms with van der Waals surface area (Å²) in [5.41, 5.74) is 7.18. The van der Waals surface area contributed by atoms with Gasteiger partial charge in [-0.1, -0.05) is 0 Å². The highest BCUT2D eigenvalue weighted by Gasteiger charge is 2.19. The molecule has 0 saturated heterocycles. The molecule has 0 bridgehead atoms. The first-order valence-electron chi connectivity index (χ1n) is 6.83. The van der Waals surface area contributed by atoms with Gasteiger partial charge >= 0.3 is 0 Å². The van der Waals surface area contributed by atoms with Crippen molar-refractivity contribution in [1.82, 2.24) is 9.97 Å². The first-order chi connectivity index (χ1) is 9.69. The minimum atomic E-state index is 0.740. The fourth-order valence-corrected chi connectivity index (χ4v) is 2.59. The molecule has 1 aliphatic rings. The van der Waals surface area contributed by atoms with Crippen LogP contribution in [-0.4, -0.2) is 24.1 Å². The van der Waals surface area contributed by atoms with Crippen molar-refractivity contribution in [2.75, 3.05) is 24.4 Å². The Kier molecular flexibility index (Phi) is 3.28. The van der Waals surface area contributed by atoms with Crippen molar-refractivity contribution < 1.29 is 0 Å². The van der Waals surface area contributed by atoms with Crippen LogP contribution in [0, 0.1) is 0 Å². The van der Waals surface area contributed by atoms with Gasteiger partial charge in [0.25, 0.3) is 0 Å². The lowest BCUT2D eigenvalue weighted by Gasteiger charge is -2.13. The van der Waals surface area contributed by atoms with Crippen molar-refractivity contribution in [2.24, 2.45) is 5.84 Å². The van der Waals surface area contributed by atoms with Crippen LogP contribution in [-0.2, 0) is 12.8 Å². The second-order valence-corrected chi connectivity index (χ2v) is 5.26. The highest BCUT2D eigenvalue weighted by Crippen LogP contribution is 2.29. The summed E-state index contributed by atoms with van der Waals surface area (Å²) < 4.78 is 0. The van der Waals surface area contributed by atoms with Crippen molar-refractivity contribution in [2.45, 2.75) is 19.3 Å². The zero-order valence-corrected chi connectivity index (χ0v) is 11.8. The summed E-state index contributed by atoms with van der Waals surface area (Å²) in [7, 11) is 4.05. The summed E-state index contributed by atoms with van der Waals surface area (Å²) in [5.74, 6) is 7.09. The number of benzene rings is 1. The maximum atomic E-state index is 5.59. The number of aryl methyl sites for hydroxylation is 1. The van der Waals surface area contributed by atoms with Gasteiger partial charge in [0.15, 0.2) is 5.82 Å². The van der Waals surface area contributed by atoms with E-state index in [1.165, 1.54) is 5.56 Å². The molecule has 5 nitrogen and oxygen atoms in total. The number of nitrogens with zero attached hydrogens (tertiary/aromatic N) is 3. The average molecular weight is 269 g/mol. The molecule has 3 rings (SSSR count). The molecule has 0 atom stereocenters. The summed E-state index contributed by atoms with van der Waals surface area (Å²) in [6.45, 7) is 0. The van der Waals surface area contributed by atoms with E-state index in [9.17, 15) is 0 Å². The summed E-state index contributed by atoms with van der Waals surface area (Å²) in [6.07, 6.45) is 3.14. The number of hydrazine groups is 1. The predicted octanol–water partition coefficient (Wildman–Crippen LogP) is 1.98. The Labute approximate surface area is 118 Å². The number of rotatable bonds is 3. The number of anilines is 2. The number of hydrogen-bond donors (Lipinski definition) is 2. The van der Waals surface area contributed by atoms with Gasteiger partial charge in [-0.3, -0.25) is 0 Å². The molecule has 1 aromatic heterocycles. The molecule has 104 valence electrons. The second-order valence-electron chi connectivity index (χ2n) is 5.26. The summed E-state index contributed by atoms with van der Waals surface area (Å²) >= 11 is 0. The normalized spacial score (nSPS) is 13.2. The standard InChI is InChI=1S/C15H19N5/c1-20(2)11-8-6-10(7-9-11)14-17-13-5-3-4-12(13)15(18-14)19-16/h6-9H,3-5,16H2,1-2H3,(H,17,18,19). The fourth-order valence-electron chi connectivity index (χ4n) is 2.59. The summed E-state index contributed by atoms with van der Waals surface area (Å²) in [4.78, 5) is 11.3. The number of nitrogens with one attached hydrogen (secondary N) is 1. The molecule has 5 heteroatoms. The van der Waals surface area contributed by atoms with Crippen LogP contribution >= 0.6 is 0 Å². The van der Waals surface area contributed by atoms with Gasteiger partial charge in [-0.25, -0.2) is 15.8 Å². The van der Waals surface area contributed by atoms with Gasteiger partial charge in [0.2, 0.25) is 0 Å². The maximum absolute atomic E-state index is 5.59. The van der Waals surface area contributed by atoms with Gasteiger partial charge in [0, 0.05) is 36.6 Å². The van der Waals surface area contributed by atoms with E-state index < -0.39 is 0 Å². The number of nitrogen functional groups attached to an aromatic ring is 1. The highest BCUT2D eigenvalue weighted by molar-refractivity contribution is 5.63. The third kappa shape index (κ3) is 2.20. The predicted molar refractivity (Wildman–Crippen MR) is 81.6 cm³/mol. The van der Waals surface area contributed by atoms with E-state index in [1.807, 2.05) is 26.2 Å². The number of fused-ring (bicyclic) bond motifs is 1. The highest BCUT2D eigenvalue weighted by atomic mass is 15.3. The third-order valence-corrected chi connectivity index (χ3v) is 3.71. The lowest BCUT2D eigenvalue weighted by Crippen LogP contribution is -2.13. The molecule has 1 aliphatic carbocycles. The molecular weight excluding hydrogens is 250 g/mol. The van der Waals surface area contributed by atoms with E-state index in [4.69, 9.17) is 5.84 Å². The number of aromatic nitrogens is 2. The minimum Gasteiger partial charge on any atom is -0.378 e. The lowest BCUT2D eigenvalue weighted by atomic mass is 10.1. The maximum Gasteiger partial charge on any atom is 0.161 e. The van der Waals surface area contributed by atoms with Gasteiger partial charge < -0.3 is 10.3 Å². The topological polar surface area (TPSA) is 67.1 Å². The quantitative estimate of drug-likeness (QED) is 0.659. The van der Waals surface area contributed by atoms with Crippen molar-refractivity contribution in [3.8, 4) is 11.4 Å². The van der Waals surface area contributed by atoms with Crippen LogP contribution in [0.25, 0.3) is 11.4 Å². The molecule has 2 aromatic rings. The number of hydrogen-bond acceptors (Lipinski definition) is 5. The van der Waals surface area contributed by atoms with E-state index in [1.54, 1.807) is 0 Å². The van der Waals surface area contributed by atoms with E-state index in [2.05, 4.69) is 32.4 Å². The largest absolute Gasteiger partial charge is 0.378 e. The van der Waals surface area contributed by atoms with Crippen LogP contribution in [0.2, 0.25) is 0 Å². The van der Waals surface area contributed by atoms with Crippen molar-refractivity contribution in [1.29, 1.82) is 0 Å².